The number of benzene rings is 1. The molecule has 0 spiro atoms. The molecular weight excluding hydrogens is 383 g/mol. The Labute approximate surface area is 159 Å². The number of carboxylic acid groups (broad SMARTS) is 1. The van der Waals surface area contributed by atoms with Crippen molar-refractivity contribution in [3.8, 4) is 10.6 Å². The van der Waals surface area contributed by atoms with E-state index in [0.29, 0.717) is 22.3 Å². The molecule has 1 saturated heterocycles. The van der Waals surface area contributed by atoms with Crippen molar-refractivity contribution in [1.82, 2.24) is 9.88 Å². The lowest BCUT2D eigenvalue weighted by Crippen LogP contribution is -2.31. The number of aliphatic carboxylic acids is 1. The standard InChI is InChI=1S/C17H16Cl2N2O3S/c1-9-6-21(7-13(9)17(23)24)15(22)5-11-8-25-16(20-11)12-3-2-10(18)4-14(12)19/h2-4,8-9,13H,5-7H2,1H3,(H,23,24)/t9-,13-/m1/s1. The van der Waals surface area contributed by atoms with E-state index < -0.39 is 11.9 Å². The summed E-state index contributed by atoms with van der Waals surface area (Å²) in [7, 11) is 0. The van der Waals surface area contributed by atoms with E-state index in [0.717, 1.165) is 10.6 Å². The number of nitrogens with zero attached hydrogens (tertiary/aromatic N) is 2. The van der Waals surface area contributed by atoms with Crippen LogP contribution in [0.5, 0.6) is 0 Å². The Morgan fingerprint density at radius 3 is 2.76 bits per heavy atom. The minimum Gasteiger partial charge on any atom is -0.481 e. The number of carbonyl (C=O) groups excluding carboxylic acids is 1. The average Bonchev–Trinajstić information content (AvgIpc) is 3.14. The Morgan fingerprint density at radius 2 is 2.12 bits per heavy atom. The second-order valence-corrected chi connectivity index (χ2v) is 7.87. The van der Waals surface area contributed by atoms with Crippen LogP contribution in [0.15, 0.2) is 23.6 Å². The van der Waals surface area contributed by atoms with Gasteiger partial charge >= 0.3 is 5.97 Å². The second kappa shape index (κ2) is 7.32. The zero-order valence-corrected chi connectivity index (χ0v) is 15.7. The van der Waals surface area contributed by atoms with Gasteiger partial charge in [0.05, 0.1) is 23.1 Å². The molecule has 1 aliphatic heterocycles. The van der Waals surface area contributed by atoms with Crippen molar-refractivity contribution in [1.29, 1.82) is 0 Å². The van der Waals surface area contributed by atoms with Gasteiger partial charge in [0.1, 0.15) is 5.01 Å². The quantitative estimate of drug-likeness (QED) is 0.848. The van der Waals surface area contributed by atoms with Gasteiger partial charge < -0.3 is 10.0 Å². The first-order valence-electron chi connectivity index (χ1n) is 7.75. The van der Waals surface area contributed by atoms with E-state index in [2.05, 4.69) is 4.98 Å². The third kappa shape index (κ3) is 3.97. The van der Waals surface area contributed by atoms with Crippen molar-refractivity contribution in [2.45, 2.75) is 13.3 Å². The van der Waals surface area contributed by atoms with Crippen LogP contribution in [0.3, 0.4) is 0 Å². The number of thiazole rings is 1. The molecule has 0 saturated carbocycles. The Morgan fingerprint density at radius 1 is 1.36 bits per heavy atom. The van der Waals surface area contributed by atoms with Crippen molar-refractivity contribution < 1.29 is 14.7 Å². The Kier molecular flexibility index (Phi) is 5.32. The summed E-state index contributed by atoms with van der Waals surface area (Å²) in [4.78, 5) is 29.7. The molecule has 1 aliphatic rings. The minimum absolute atomic E-state index is 0.0414. The van der Waals surface area contributed by atoms with Gasteiger partial charge in [0.25, 0.3) is 0 Å². The lowest BCUT2D eigenvalue weighted by atomic mass is 9.99. The van der Waals surface area contributed by atoms with Crippen LogP contribution in [0.25, 0.3) is 10.6 Å². The van der Waals surface area contributed by atoms with Crippen LogP contribution in [0.2, 0.25) is 10.0 Å². The smallest absolute Gasteiger partial charge is 0.308 e. The average molecular weight is 399 g/mol. The maximum Gasteiger partial charge on any atom is 0.308 e. The van der Waals surface area contributed by atoms with E-state index >= 15 is 0 Å². The zero-order chi connectivity index (χ0) is 18.1. The summed E-state index contributed by atoms with van der Waals surface area (Å²) in [6.45, 7) is 2.58. The second-order valence-electron chi connectivity index (χ2n) is 6.17. The molecule has 2 heterocycles. The van der Waals surface area contributed by atoms with Gasteiger partial charge in [-0.25, -0.2) is 4.98 Å². The van der Waals surface area contributed by atoms with Crippen LogP contribution in [0.4, 0.5) is 0 Å². The van der Waals surface area contributed by atoms with Crippen molar-refractivity contribution in [3.05, 3.63) is 39.3 Å². The maximum atomic E-state index is 12.4. The number of hydrogen-bond donors (Lipinski definition) is 1. The predicted molar refractivity (Wildman–Crippen MR) is 98.1 cm³/mol. The molecule has 1 amide bonds. The van der Waals surface area contributed by atoms with E-state index in [1.165, 1.54) is 11.3 Å². The first kappa shape index (κ1) is 18.2. The Hall–Kier alpha value is -1.63. The van der Waals surface area contributed by atoms with Gasteiger partial charge in [-0.15, -0.1) is 11.3 Å². The Bertz CT molecular complexity index is 824. The minimum atomic E-state index is -0.851. The molecule has 8 heteroatoms. The van der Waals surface area contributed by atoms with E-state index in [9.17, 15) is 14.7 Å². The van der Waals surface area contributed by atoms with Crippen LogP contribution in [-0.4, -0.2) is 40.0 Å². The molecule has 2 aromatic rings. The van der Waals surface area contributed by atoms with Gasteiger partial charge in [-0.05, 0) is 24.1 Å². The molecule has 1 aromatic heterocycles. The van der Waals surface area contributed by atoms with Gasteiger partial charge in [0.2, 0.25) is 5.91 Å². The van der Waals surface area contributed by atoms with Gasteiger partial charge in [-0.2, -0.15) is 0 Å². The monoisotopic (exact) mass is 398 g/mol. The van der Waals surface area contributed by atoms with Crippen molar-refractivity contribution in [3.63, 3.8) is 0 Å². The first-order valence-corrected chi connectivity index (χ1v) is 9.39. The Balaban J connectivity index is 1.69. The fourth-order valence-corrected chi connectivity index (χ4v) is 4.35. The lowest BCUT2D eigenvalue weighted by Gasteiger charge is -2.15. The maximum absolute atomic E-state index is 12.4. The number of rotatable bonds is 4. The number of amides is 1. The highest BCUT2D eigenvalue weighted by Crippen LogP contribution is 2.32. The van der Waals surface area contributed by atoms with Crippen LogP contribution >= 0.6 is 34.5 Å². The summed E-state index contributed by atoms with van der Waals surface area (Å²) in [6.07, 6.45) is 0.154. The topological polar surface area (TPSA) is 70.5 Å². The number of carboxylic acids is 1. The van der Waals surface area contributed by atoms with Crippen molar-refractivity contribution in [2.24, 2.45) is 11.8 Å². The summed E-state index contributed by atoms with van der Waals surface area (Å²) < 4.78 is 0. The van der Waals surface area contributed by atoms with Crippen LogP contribution in [-0.2, 0) is 16.0 Å². The summed E-state index contributed by atoms with van der Waals surface area (Å²) in [5.74, 6) is -1.49. The number of aromatic nitrogens is 1. The van der Waals surface area contributed by atoms with Gasteiger partial charge in [-0.1, -0.05) is 30.1 Å². The number of halogens is 2. The summed E-state index contributed by atoms with van der Waals surface area (Å²) >= 11 is 13.5. The summed E-state index contributed by atoms with van der Waals surface area (Å²) in [5.41, 5.74) is 1.43. The molecule has 2 atom stereocenters. The van der Waals surface area contributed by atoms with Gasteiger partial charge in [0.15, 0.2) is 0 Å². The van der Waals surface area contributed by atoms with Gasteiger partial charge in [-0.3, -0.25) is 9.59 Å². The highest BCUT2D eigenvalue weighted by molar-refractivity contribution is 7.13. The molecule has 0 bridgehead atoms. The molecule has 1 aromatic carbocycles. The molecule has 1 N–H and O–H groups in total. The van der Waals surface area contributed by atoms with Crippen molar-refractivity contribution >= 4 is 46.4 Å². The highest BCUT2D eigenvalue weighted by atomic mass is 35.5. The summed E-state index contributed by atoms with van der Waals surface area (Å²) in [6, 6.07) is 5.20. The molecule has 5 nitrogen and oxygen atoms in total. The number of likely N-dealkylation sites (tertiary alicyclic amines) is 1. The first-order chi connectivity index (χ1) is 11.8. The third-order valence-electron chi connectivity index (χ3n) is 4.33. The molecule has 0 radical (unpaired) electrons. The zero-order valence-electron chi connectivity index (χ0n) is 13.4. The van der Waals surface area contributed by atoms with Crippen LogP contribution < -0.4 is 0 Å². The molecule has 3 rings (SSSR count). The van der Waals surface area contributed by atoms with Gasteiger partial charge in [0, 0.05) is 29.1 Å². The van der Waals surface area contributed by atoms with Crippen molar-refractivity contribution in [2.75, 3.05) is 13.1 Å². The molecule has 0 aliphatic carbocycles. The fraction of sp³-hybridized carbons (Fsp3) is 0.353. The van der Waals surface area contributed by atoms with E-state index in [1.807, 2.05) is 12.3 Å². The molecular formula is C17H16Cl2N2O3S. The highest BCUT2D eigenvalue weighted by Gasteiger charge is 2.36. The van der Waals surface area contributed by atoms with E-state index in [1.54, 1.807) is 23.1 Å². The molecule has 0 unspecified atom stereocenters. The number of hydrogen-bond acceptors (Lipinski definition) is 4. The van der Waals surface area contributed by atoms with E-state index in [4.69, 9.17) is 23.2 Å². The lowest BCUT2D eigenvalue weighted by molar-refractivity contribution is -0.142. The largest absolute Gasteiger partial charge is 0.481 e. The fourth-order valence-electron chi connectivity index (χ4n) is 2.93. The molecule has 1 fully saturated rings. The van der Waals surface area contributed by atoms with Crippen LogP contribution in [0, 0.1) is 11.8 Å². The predicted octanol–water partition coefficient (Wildman–Crippen LogP) is 3.84. The normalized spacial score (nSPS) is 20.0. The SMILES string of the molecule is C[C@@H]1CN(C(=O)Cc2csc(-c3ccc(Cl)cc3Cl)n2)C[C@H]1C(=O)O. The summed E-state index contributed by atoms with van der Waals surface area (Å²) in [5, 5.41) is 12.8. The third-order valence-corrected chi connectivity index (χ3v) is 5.80. The molecule has 132 valence electrons. The molecule has 25 heavy (non-hydrogen) atoms. The van der Waals surface area contributed by atoms with E-state index in [-0.39, 0.29) is 24.8 Å². The van der Waals surface area contributed by atoms with Crippen LogP contribution in [0.1, 0.15) is 12.6 Å². The number of carbonyl (C=O) groups is 2.